The normalized spacial score (nSPS) is 13.7. The highest BCUT2D eigenvalue weighted by Crippen LogP contribution is 2.63. The van der Waals surface area contributed by atoms with Crippen molar-refractivity contribution >= 4 is 95.3 Å². The van der Waals surface area contributed by atoms with Crippen molar-refractivity contribution in [3.8, 4) is 44.5 Å². The highest BCUT2D eigenvalue weighted by atomic mass is 32.1. The van der Waals surface area contributed by atoms with E-state index >= 15 is 0 Å². The van der Waals surface area contributed by atoms with Gasteiger partial charge in [-0.2, -0.15) is 0 Å². The lowest BCUT2D eigenvalue weighted by Gasteiger charge is -2.30. The maximum Gasteiger partial charge on any atom is 0.0725 e. The fourth-order valence-electron chi connectivity index (χ4n) is 11.8. The number of hydrogen-bond acceptors (Lipinski definition) is 2. The van der Waals surface area contributed by atoms with Gasteiger partial charge in [-0.05, 0) is 117 Å². The summed E-state index contributed by atoms with van der Waals surface area (Å²) in [5.74, 6) is 0. The lowest BCUT2D eigenvalue weighted by Crippen LogP contribution is -2.25. The van der Waals surface area contributed by atoms with Crippen LogP contribution in [0.25, 0.3) is 117 Å². The van der Waals surface area contributed by atoms with Crippen molar-refractivity contribution in [3.05, 3.63) is 216 Å². The van der Waals surface area contributed by atoms with Gasteiger partial charge in [0.25, 0.3) is 0 Å². The van der Waals surface area contributed by atoms with Crippen LogP contribution < -0.4 is 0 Å². The van der Waals surface area contributed by atoms with Crippen molar-refractivity contribution in [2.45, 2.75) is 5.41 Å². The van der Waals surface area contributed by atoms with Crippen LogP contribution in [0.5, 0.6) is 0 Å². The second-order valence-electron chi connectivity index (χ2n) is 17.0. The van der Waals surface area contributed by atoms with E-state index in [1.165, 1.54) is 139 Å². The number of hydrogen-bond donors (Lipinski definition) is 0. The molecular weight excluding hydrogens is 773 g/mol. The van der Waals surface area contributed by atoms with Gasteiger partial charge in [0.15, 0.2) is 0 Å². The maximum absolute atomic E-state index is 2.53. The molecule has 0 fully saturated rings. The molecule has 0 atom stereocenters. The van der Waals surface area contributed by atoms with Crippen molar-refractivity contribution in [3.63, 3.8) is 0 Å². The van der Waals surface area contributed by atoms with Gasteiger partial charge in [-0.25, -0.2) is 0 Å². The minimum Gasteiger partial charge on any atom is -0.134 e. The van der Waals surface area contributed by atoms with Gasteiger partial charge in [0.1, 0.15) is 0 Å². The molecule has 11 aromatic carbocycles. The molecule has 0 saturated carbocycles. The minimum atomic E-state index is -0.368. The average molecular weight is 805 g/mol. The Bertz CT molecular complexity index is 4000. The second-order valence-corrected chi connectivity index (χ2v) is 19.1. The summed E-state index contributed by atoms with van der Waals surface area (Å²) < 4.78 is 5.50. The monoisotopic (exact) mass is 804 g/mol. The predicted molar refractivity (Wildman–Crippen MR) is 263 cm³/mol. The Morgan fingerprint density at radius 3 is 1.33 bits per heavy atom. The zero-order valence-corrected chi connectivity index (χ0v) is 34.4. The van der Waals surface area contributed by atoms with E-state index in [1.807, 2.05) is 22.7 Å². The van der Waals surface area contributed by atoms with Gasteiger partial charge in [0, 0.05) is 30.9 Å². The zero-order valence-electron chi connectivity index (χ0n) is 32.8. The Hall–Kier alpha value is -7.10. The van der Waals surface area contributed by atoms with E-state index in [2.05, 4.69) is 194 Å². The Kier molecular flexibility index (Phi) is 6.21. The molecule has 2 aliphatic rings. The first-order valence-electron chi connectivity index (χ1n) is 21.2. The molecule has 13 aromatic rings. The van der Waals surface area contributed by atoms with Crippen LogP contribution in [-0.4, -0.2) is 0 Å². The van der Waals surface area contributed by atoms with E-state index in [-0.39, 0.29) is 5.41 Å². The summed E-state index contributed by atoms with van der Waals surface area (Å²) in [5, 5.41) is 13.3. The second kappa shape index (κ2) is 11.6. The van der Waals surface area contributed by atoms with E-state index in [4.69, 9.17) is 0 Å². The predicted octanol–water partition coefficient (Wildman–Crippen LogP) is 17.0. The molecule has 0 radical (unpaired) electrons. The minimum absolute atomic E-state index is 0.368. The standard InChI is InChI=1S/C59H32S2/c1-5-13-49-39(9-1)40-10-2-6-14-50(40)59(49)51-15-7-3-11-41(51)42-25-21-35(31-52(42)59)37-23-17-33-20-28-46-38(24-18-34-19-27-45(37)55(33)56(34)46)36-22-26-44-48-30-29-47-43-12-4-8-16-53(43)60-57(47)58(48)61-54(44)32-36/h1-32H. The van der Waals surface area contributed by atoms with Gasteiger partial charge in [-0.1, -0.05) is 176 Å². The van der Waals surface area contributed by atoms with E-state index in [1.54, 1.807) is 0 Å². The Balaban J connectivity index is 0.926. The molecule has 0 unspecified atom stereocenters. The van der Waals surface area contributed by atoms with Crippen LogP contribution in [-0.2, 0) is 5.41 Å². The summed E-state index contributed by atoms with van der Waals surface area (Å²) in [4.78, 5) is 0. The van der Waals surface area contributed by atoms with Gasteiger partial charge in [-0.15, -0.1) is 22.7 Å². The third kappa shape index (κ3) is 4.05. The largest absolute Gasteiger partial charge is 0.134 e. The molecule has 0 bridgehead atoms. The summed E-state index contributed by atoms with van der Waals surface area (Å²) in [6.45, 7) is 0. The zero-order chi connectivity index (χ0) is 39.6. The highest BCUT2D eigenvalue weighted by molar-refractivity contribution is 7.33. The first kappa shape index (κ1) is 32.7. The van der Waals surface area contributed by atoms with Crippen LogP contribution in [0.15, 0.2) is 194 Å². The van der Waals surface area contributed by atoms with Crippen LogP contribution in [0, 0.1) is 0 Å². The quantitative estimate of drug-likeness (QED) is 0.153. The first-order chi connectivity index (χ1) is 30.2. The molecule has 1 spiro atoms. The molecule has 2 heteroatoms. The van der Waals surface area contributed by atoms with Crippen molar-refractivity contribution in [1.29, 1.82) is 0 Å². The molecule has 2 aromatic heterocycles. The number of benzene rings is 11. The van der Waals surface area contributed by atoms with Gasteiger partial charge in [-0.3, -0.25) is 0 Å². The van der Waals surface area contributed by atoms with Crippen molar-refractivity contribution in [2.24, 2.45) is 0 Å². The fourth-order valence-corrected chi connectivity index (χ4v) is 14.3. The Labute approximate surface area is 359 Å². The Morgan fingerprint density at radius 1 is 0.279 bits per heavy atom. The summed E-state index contributed by atoms with van der Waals surface area (Å²) in [7, 11) is 0. The third-order valence-corrected chi connectivity index (χ3v) is 16.8. The van der Waals surface area contributed by atoms with Crippen LogP contribution >= 0.6 is 22.7 Å². The molecule has 0 saturated heterocycles. The van der Waals surface area contributed by atoms with Crippen molar-refractivity contribution in [2.75, 3.05) is 0 Å². The summed E-state index contributed by atoms with van der Waals surface area (Å²) in [6.07, 6.45) is 0. The Morgan fingerprint density at radius 2 is 0.705 bits per heavy atom. The van der Waals surface area contributed by atoms with Gasteiger partial charge < -0.3 is 0 Å². The van der Waals surface area contributed by atoms with Crippen LogP contribution in [0.4, 0.5) is 0 Å². The smallest absolute Gasteiger partial charge is 0.0725 e. The van der Waals surface area contributed by atoms with Gasteiger partial charge in [0.05, 0.1) is 14.8 Å². The number of rotatable bonds is 2. The topological polar surface area (TPSA) is 0 Å². The summed E-state index contributed by atoms with van der Waals surface area (Å²) >= 11 is 3.87. The fraction of sp³-hybridized carbons (Fsp3) is 0.0169. The van der Waals surface area contributed by atoms with Gasteiger partial charge >= 0.3 is 0 Å². The third-order valence-electron chi connectivity index (χ3n) is 14.3. The van der Waals surface area contributed by atoms with Gasteiger partial charge in [0.2, 0.25) is 0 Å². The molecule has 0 N–H and O–H groups in total. The molecular formula is C59H32S2. The maximum atomic E-state index is 2.53. The molecule has 15 rings (SSSR count). The lowest BCUT2D eigenvalue weighted by atomic mass is 9.70. The van der Waals surface area contributed by atoms with E-state index in [0.717, 1.165) is 0 Å². The van der Waals surface area contributed by atoms with E-state index in [0.29, 0.717) is 0 Å². The average Bonchev–Trinajstić information content (AvgIpc) is 4.05. The lowest BCUT2D eigenvalue weighted by molar-refractivity contribution is 0.794. The molecule has 0 amide bonds. The van der Waals surface area contributed by atoms with Crippen LogP contribution in [0.1, 0.15) is 22.3 Å². The van der Waals surface area contributed by atoms with Crippen LogP contribution in [0.3, 0.4) is 0 Å². The van der Waals surface area contributed by atoms with Crippen molar-refractivity contribution in [1.82, 2.24) is 0 Å². The molecule has 2 heterocycles. The van der Waals surface area contributed by atoms with E-state index in [9.17, 15) is 0 Å². The molecule has 0 nitrogen and oxygen atoms in total. The number of thiophene rings is 2. The molecule has 2 aliphatic carbocycles. The van der Waals surface area contributed by atoms with E-state index < -0.39 is 0 Å². The summed E-state index contributed by atoms with van der Waals surface area (Å²) in [6, 6.07) is 74.0. The van der Waals surface area contributed by atoms with Crippen LogP contribution in [0.2, 0.25) is 0 Å². The molecule has 0 aliphatic heterocycles. The highest BCUT2D eigenvalue weighted by Gasteiger charge is 2.51. The number of fused-ring (bicyclic) bond motifs is 17. The SMILES string of the molecule is c1ccc2c(c1)-c1ccccc1C21c2ccccc2-c2ccc(-c3ccc4ccc5c(-c6ccc7c(c6)sc6c7ccc7c8ccccc8sc76)ccc6ccc3c4c65)cc21. The summed E-state index contributed by atoms with van der Waals surface area (Å²) in [5.41, 5.74) is 15.6. The molecule has 61 heavy (non-hydrogen) atoms. The molecule has 280 valence electrons. The van der Waals surface area contributed by atoms with Crippen molar-refractivity contribution < 1.29 is 0 Å². The first-order valence-corrected chi connectivity index (χ1v) is 22.8.